The van der Waals surface area contributed by atoms with Crippen molar-refractivity contribution in [3.05, 3.63) is 0 Å². The highest BCUT2D eigenvalue weighted by Crippen LogP contribution is 2.86. The van der Waals surface area contributed by atoms with Gasteiger partial charge in [0.15, 0.2) is 0 Å². The van der Waals surface area contributed by atoms with Crippen LogP contribution in [0.3, 0.4) is 0 Å². The highest BCUT2D eigenvalue weighted by molar-refractivity contribution is 8.60. The third kappa shape index (κ3) is 2.53. The summed E-state index contributed by atoms with van der Waals surface area (Å²) in [5.74, 6) is 0. The molecular weight excluding hydrogens is 202 g/mol. The zero-order valence-corrected chi connectivity index (χ0v) is 6.64. The van der Waals surface area contributed by atoms with Gasteiger partial charge in [0.05, 0.1) is 0 Å². The molecule has 0 heterocycles. The highest BCUT2D eigenvalue weighted by atomic mass is 32.8. The molecule has 0 bridgehead atoms. The molecule has 0 aliphatic carbocycles. The Bertz CT molecular complexity index is 141. The van der Waals surface area contributed by atoms with Gasteiger partial charge in [0.1, 0.15) is 0 Å². The minimum Gasteiger partial charge on any atom is -0.170 e. The Balaban J connectivity index is 4.53. The molecule has 0 nitrogen and oxygen atoms in total. The first-order valence-electron chi connectivity index (χ1n) is 1.24. The number of rotatable bonds is 1. The SMILES string of the molecule is FP(F)(=S)P(F)(F)=S. The third-order valence-corrected chi connectivity index (χ3v) is 7.06. The van der Waals surface area contributed by atoms with Crippen LogP contribution in [-0.4, -0.2) is 0 Å². The Morgan fingerprint density at radius 2 is 0.875 bits per heavy atom. The predicted molar refractivity (Wildman–Crippen MR) is 33.0 cm³/mol. The van der Waals surface area contributed by atoms with Crippen molar-refractivity contribution in [3.8, 4) is 0 Å². The zero-order valence-electron chi connectivity index (χ0n) is 3.22. The van der Waals surface area contributed by atoms with Gasteiger partial charge in [0.25, 0.3) is 0 Å². The summed E-state index contributed by atoms with van der Waals surface area (Å²) in [6.07, 6.45) is -10.8. The summed E-state index contributed by atoms with van der Waals surface area (Å²) >= 11 is 6.39. The average Bonchev–Trinajstić information content (AvgIpc) is 1.25. The fraction of sp³-hybridized carbons (Fsp3) is 0. The third-order valence-electron chi connectivity index (χ3n) is 0.271. The lowest BCUT2D eigenvalue weighted by atomic mass is 18.8. The van der Waals surface area contributed by atoms with Crippen molar-refractivity contribution in [2.75, 3.05) is 0 Å². The molecule has 0 aromatic rings. The molecule has 0 spiro atoms. The van der Waals surface area contributed by atoms with E-state index >= 15 is 0 Å². The van der Waals surface area contributed by atoms with Gasteiger partial charge in [-0.3, -0.25) is 0 Å². The topological polar surface area (TPSA) is 0 Å². The van der Waals surface area contributed by atoms with E-state index < -0.39 is 12.7 Å². The van der Waals surface area contributed by atoms with E-state index in [1.165, 1.54) is 0 Å². The van der Waals surface area contributed by atoms with E-state index in [9.17, 15) is 16.8 Å². The number of hydrogen-bond donors (Lipinski definition) is 0. The van der Waals surface area contributed by atoms with E-state index in [-0.39, 0.29) is 0 Å². The van der Waals surface area contributed by atoms with Crippen molar-refractivity contribution in [1.29, 1.82) is 0 Å². The first-order chi connectivity index (χ1) is 3.25. The van der Waals surface area contributed by atoms with Crippen LogP contribution in [0.2, 0.25) is 0 Å². The predicted octanol–water partition coefficient (Wildman–Crippen LogP) is 3.40. The van der Waals surface area contributed by atoms with Gasteiger partial charge in [-0.05, 0) is 23.6 Å². The molecule has 0 aliphatic rings. The lowest BCUT2D eigenvalue weighted by Gasteiger charge is -1.99. The maximum atomic E-state index is 11.4. The molecule has 0 N–H and O–H groups in total. The van der Waals surface area contributed by atoms with Crippen LogP contribution < -0.4 is 0 Å². The molecule has 0 aromatic carbocycles. The Morgan fingerprint density at radius 3 is 0.875 bits per heavy atom. The van der Waals surface area contributed by atoms with Crippen LogP contribution in [0.1, 0.15) is 0 Å². The normalized spacial score (nSPS) is 14.0. The first-order valence-corrected chi connectivity index (χ1v) is 7.11. The lowest BCUT2D eigenvalue weighted by Crippen LogP contribution is -1.51. The molecule has 0 rings (SSSR count). The summed E-state index contributed by atoms with van der Waals surface area (Å²) in [6.45, 7) is 0. The maximum Gasteiger partial charge on any atom is 0.359 e. The van der Waals surface area contributed by atoms with E-state index in [0.717, 1.165) is 0 Å². The smallest absolute Gasteiger partial charge is 0.170 e. The monoisotopic (exact) mass is 202 g/mol. The van der Waals surface area contributed by atoms with E-state index in [1.807, 2.05) is 0 Å². The molecule has 0 saturated heterocycles. The van der Waals surface area contributed by atoms with Crippen LogP contribution in [0.25, 0.3) is 0 Å². The summed E-state index contributed by atoms with van der Waals surface area (Å²) in [7, 11) is 0. The summed E-state index contributed by atoms with van der Waals surface area (Å²) in [6, 6.07) is 0. The second kappa shape index (κ2) is 2.33. The quantitative estimate of drug-likeness (QED) is 0.472. The van der Waals surface area contributed by atoms with Crippen molar-refractivity contribution < 1.29 is 16.8 Å². The highest BCUT2D eigenvalue weighted by Gasteiger charge is 2.36. The van der Waals surface area contributed by atoms with Gasteiger partial charge in [-0.1, -0.05) is 0 Å². The molecule has 0 unspecified atom stereocenters. The summed E-state index contributed by atoms with van der Waals surface area (Å²) < 4.78 is 45.4. The fourth-order valence-corrected chi connectivity index (χ4v) is 0. The molecule has 0 aromatic heterocycles. The summed E-state index contributed by atoms with van der Waals surface area (Å²) in [4.78, 5) is 0. The second-order valence-electron chi connectivity index (χ2n) is 0.869. The Kier molecular flexibility index (Phi) is 2.63. The standard InChI is InChI=1S/F4P2S2/c1-5(2,7)6(3,4)8. The van der Waals surface area contributed by atoms with E-state index in [2.05, 4.69) is 23.6 Å². The molecule has 50 valence electrons. The largest absolute Gasteiger partial charge is 0.359 e. The molecule has 8 heavy (non-hydrogen) atoms. The zero-order chi connectivity index (χ0) is 7.00. The van der Waals surface area contributed by atoms with Crippen LogP contribution >= 0.6 is 12.7 Å². The van der Waals surface area contributed by atoms with Crippen LogP contribution in [0, 0.1) is 0 Å². The average molecular weight is 202 g/mol. The van der Waals surface area contributed by atoms with E-state index in [1.54, 1.807) is 0 Å². The van der Waals surface area contributed by atoms with Gasteiger partial charge >= 0.3 is 12.7 Å². The maximum absolute atomic E-state index is 11.4. The molecular formula is F4P2S2. The van der Waals surface area contributed by atoms with E-state index in [0.29, 0.717) is 0 Å². The van der Waals surface area contributed by atoms with Gasteiger partial charge in [-0.2, -0.15) is 16.8 Å². The second-order valence-corrected chi connectivity index (χ2v) is 10.00. The first kappa shape index (κ1) is 9.02. The van der Waals surface area contributed by atoms with Gasteiger partial charge in [0, 0.05) is 0 Å². The van der Waals surface area contributed by atoms with Crippen molar-refractivity contribution in [2.45, 2.75) is 0 Å². The van der Waals surface area contributed by atoms with E-state index in [4.69, 9.17) is 0 Å². The molecule has 8 heteroatoms. The van der Waals surface area contributed by atoms with Crippen LogP contribution in [0.15, 0.2) is 0 Å². The Morgan fingerprint density at radius 1 is 0.750 bits per heavy atom. The molecule has 0 radical (unpaired) electrons. The van der Waals surface area contributed by atoms with Crippen molar-refractivity contribution in [3.63, 3.8) is 0 Å². The Labute approximate surface area is 53.7 Å². The van der Waals surface area contributed by atoms with Crippen molar-refractivity contribution >= 4 is 36.3 Å². The fourth-order valence-electron chi connectivity index (χ4n) is 0. The Hall–Kier alpha value is 1.02. The minimum absolute atomic E-state index is 3.20. The van der Waals surface area contributed by atoms with Gasteiger partial charge in [-0.15, -0.1) is 0 Å². The van der Waals surface area contributed by atoms with Crippen molar-refractivity contribution in [2.24, 2.45) is 0 Å². The summed E-state index contributed by atoms with van der Waals surface area (Å²) in [5.41, 5.74) is 0. The van der Waals surface area contributed by atoms with Gasteiger partial charge < -0.3 is 0 Å². The van der Waals surface area contributed by atoms with Crippen LogP contribution in [0.4, 0.5) is 16.8 Å². The molecule has 0 atom stereocenters. The molecule has 0 fully saturated rings. The minimum atomic E-state index is -5.42. The lowest BCUT2D eigenvalue weighted by molar-refractivity contribution is 0.718. The van der Waals surface area contributed by atoms with Crippen molar-refractivity contribution in [1.82, 2.24) is 0 Å². The van der Waals surface area contributed by atoms with Gasteiger partial charge in [0.2, 0.25) is 0 Å². The van der Waals surface area contributed by atoms with Crippen LogP contribution in [-0.2, 0) is 23.6 Å². The number of hydrogen-bond acceptors (Lipinski definition) is 2. The molecule has 0 aliphatic heterocycles. The van der Waals surface area contributed by atoms with Gasteiger partial charge in [-0.25, -0.2) is 0 Å². The van der Waals surface area contributed by atoms with Crippen LogP contribution in [0.5, 0.6) is 0 Å². The molecule has 0 amide bonds. The summed E-state index contributed by atoms with van der Waals surface area (Å²) in [5, 5.41) is 0. The molecule has 0 saturated carbocycles. The number of halogens is 4.